The van der Waals surface area contributed by atoms with Crippen molar-refractivity contribution < 1.29 is 41.7 Å². The predicted molar refractivity (Wildman–Crippen MR) is 194 cm³/mol. The summed E-state index contributed by atoms with van der Waals surface area (Å²) >= 11 is 0. The second-order valence-corrected chi connectivity index (χ2v) is 15.8. The Morgan fingerprint density at radius 2 is 1.81 bits per heavy atom. The highest BCUT2D eigenvalue weighted by atomic mass is 19.1. The van der Waals surface area contributed by atoms with E-state index in [4.69, 9.17) is 25.6 Å². The van der Waals surface area contributed by atoms with Gasteiger partial charge in [-0.1, -0.05) is 12.0 Å². The number of ether oxygens (including phenoxy) is 3. The first-order valence-electron chi connectivity index (χ1n) is 18.2. The zero-order valence-corrected chi connectivity index (χ0v) is 30.5. The monoisotopic (exact) mass is 747 g/mol. The van der Waals surface area contributed by atoms with E-state index in [9.17, 15) is 14.3 Å². The van der Waals surface area contributed by atoms with Crippen LogP contribution in [-0.2, 0) is 4.74 Å². The van der Waals surface area contributed by atoms with Crippen LogP contribution in [0.3, 0.4) is 0 Å². The van der Waals surface area contributed by atoms with E-state index in [0.29, 0.717) is 25.8 Å². The zero-order valence-electron chi connectivity index (χ0n) is 30.5. The number of hydrogen-bond acceptors (Lipinski definition) is 9. The standard InChI is InChI=1S/C40H41F4N5O5/c1-6-26-28(42)11-8-21-14-25(50)15-27(29(21)26)30-32(43)34-31(35(52-5)33(30)44)36(46-37(45-34)53-20-40-12-7-13-48(40)17-22(41)16-40)47-18-23-9-10-24(19-47)49(23)38(51)54-39(2,3)4/h1,8,11,14-15,22-24,50H,7,9-10,12-13,16-20H2,2-5H3/t22-,23-,24+,40+/m1/s1. The molecule has 4 atom stereocenters. The van der Waals surface area contributed by atoms with Crippen molar-refractivity contribution in [1.29, 1.82) is 0 Å². The Kier molecular flexibility index (Phi) is 8.71. The van der Waals surface area contributed by atoms with Crippen LogP contribution in [0, 0.1) is 29.8 Å². The first-order chi connectivity index (χ1) is 25.7. The third-order valence-corrected chi connectivity index (χ3v) is 11.2. The molecule has 4 aliphatic rings. The number of terminal acetylenes is 1. The molecule has 10 nitrogen and oxygen atoms in total. The average molecular weight is 748 g/mol. The van der Waals surface area contributed by atoms with Gasteiger partial charge in [-0.3, -0.25) is 9.80 Å². The zero-order chi connectivity index (χ0) is 38.3. The summed E-state index contributed by atoms with van der Waals surface area (Å²) in [7, 11) is 1.23. The van der Waals surface area contributed by atoms with Gasteiger partial charge in [0.1, 0.15) is 41.3 Å². The number of phenols is 1. The molecule has 4 fully saturated rings. The van der Waals surface area contributed by atoms with Crippen molar-refractivity contribution in [3.8, 4) is 41.0 Å². The van der Waals surface area contributed by atoms with Gasteiger partial charge in [-0.05, 0) is 76.6 Å². The molecule has 8 rings (SSSR count). The van der Waals surface area contributed by atoms with Gasteiger partial charge >= 0.3 is 12.1 Å². The van der Waals surface area contributed by atoms with Crippen molar-refractivity contribution in [2.24, 2.45) is 0 Å². The molecule has 0 spiro atoms. The van der Waals surface area contributed by atoms with Crippen molar-refractivity contribution in [3.63, 3.8) is 0 Å². The summed E-state index contributed by atoms with van der Waals surface area (Å²) in [6.45, 7) is 6.99. The van der Waals surface area contributed by atoms with Crippen LogP contribution in [-0.4, -0.2) is 100 Å². The molecule has 3 aromatic carbocycles. The molecule has 5 heterocycles. The van der Waals surface area contributed by atoms with Crippen LogP contribution in [0.5, 0.6) is 17.5 Å². The highest BCUT2D eigenvalue weighted by Gasteiger charge is 2.50. The van der Waals surface area contributed by atoms with Crippen molar-refractivity contribution in [1.82, 2.24) is 19.8 Å². The van der Waals surface area contributed by atoms with Gasteiger partial charge in [0.15, 0.2) is 17.4 Å². The molecule has 1 amide bonds. The van der Waals surface area contributed by atoms with Crippen LogP contribution in [0.4, 0.5) is 28.2 Å². The van der Waals surface area contributed by atoms with E-state index in [1.807, 2.05) is 4.90 Å². The Balaban J connectivity index is 1.30. The van der Waals surface area contributed by atoms with Gasteiger partial charge in [0.05, 0.1) is 41.2 Å². The number of nitrogens with zero attached hydrogens (tertiary/aromatic N) is 5. The number of carbonyl (C=O) groups excluding carboxylic acids is 1. The van der Waals surface area contributed by atoms with Crippen LogP contribution >= 0.6 is 0 Å². The Hall–Kier alpha value is -5.03. The molecule has 4 saturated heterocycles. The Bertz CT molecular complexity index is 2230. The van der Waals surface area contributed by atoms with E-state index in [2.05, 4.69) is 15.8 Å². The van der Waals surface area contributed by atoms with Gasteiger partial charge in [0, 0.05) is 37.0 Å². The van der Waals surface area contributed by atoms with Gasteiger partial charge < -0.3 is 24.2 Å². The molecular formula is C40H41F4N5O5. The maximum Gasteiger partial charge on any atom is 0.410 e. The number of amides is 1. The lowest BCUT2D eigenvalue weighted by Gasteiger charge is -2.42. The number of carbonyl (C=O) groups is 1. The minimum Gasteiger partial charge on any atom is -0.508 e. The lowest BCUT2D eigenvalue weighted by atomic mass is 9.92. The SMILES string of the molecule is C#Cc1c(F)ccc2cc(O)cc(-c3c(F)c(OC)c4c(N5C[C@H]6CC[C@@H](C5)N6C(=O)OC(C)(C)C)nc(OC[C@@]56CCCN5C[C@H](F)C6)nc4c3F)c12. The number of phenolic OH excluding ortho intramolecular Hbond substituents is 1. The summed E-state index contributed by atoms with van der Waals surface area (Å²) in [6.07, 6.45) is 7.46. The third kappa shape index (κ3) is 5.88. The number of hydrogen-bond donors (Lipinski definition) is 1. The molecule has 284 valence electrons. The van der Waals surface area contributed by atoms with Crippen molar-refractivity contribution >= 4 is 33.6 Å². The number of benzene rings is 3. The summed E-state index contributed by atoms with van der Waals surface area (Å²) in [6, 6.07) is 4.14. The maximum absolute atomic E-state index is 17.3. The van der Waals surface area contributed by atoms with Gasteiger partial charge in [0.25, 0.3) is 0 Å². The number of alkyl halides is 1. The molecular weight excluding hydrogens is 706 g/mol. The normalized spacial score (nSPS) is 23.9. The van der Waals surface area contributed by atoms with Gasteiger partial charge in [-0.25, -0.2) is 22.4 Å². The minimum absolute atomic E-state index is 0.0116. The Morgan fingerprint density at radius 1 is 1.07 bits per heavy atom. The maximum atomic E-state index is 17.3. The predicted octanol–water partition coefficient (Wildman–Crippen LogP) is 7.11. The average Bonchev–Trinajstić information content (AvgIpc) is 3.73. The number of fused-ring (bicyclic) bond motifs is 5. The number of aromatic hydroxyl groups is 1. The second kappa shape index (κ2) is 13.1. The van der Waals surface area contributed by atoms with Gasteiger partial charge in [-0.15, -0.1) is 6.42 Å². The van der Waals surface area contributed by atoms with Crippen molar-refractivity contribution in [2.75, 3.05) is 44.8 Å². The largest absolute Gasteiger partial charge is 0.508 e. The van der Waals surface area contributed by atoms with Crippen LogP contribution in [0.2, 0.25) is 0 Å². The highest BCUT2D eigenvalue weighted by Crippen LogP contribution is 2.47. The van der Waals surface area contributed by atoms with Crippen LogP contribution in [0.25, 0.3) is 32.8 Å². The number of piperazine rings is 1. The molecule has 0 saturated carbocycles. The fourth-order valence-electron chi connectivity index (χ4n) is 9.06. The lowest BCUT2D eigenvalue weighted by Crippen LogP contribution is -2.57. The summed E-state index contributed by atoms with van der Waals surface area (Å²) < 4.78 is 81.7. The number of aromatic nitrogens is 2. The molecule has 14 heteroatoms. The molecule has 1 N–H and O–H groups in total. The van der Waals surface area contributed by atoms with E-state index in [-0.39, 0.29) is 88.6 Å². The fourth-order valence-corrected chi connectivity index (χ4v) is 9.06. The van der Waals surface area contributed by atoms with Crippen molar-refractivity contribution in [2.45, 2.75) is 82.3 Å². The van der Waals surface area contributed by atoms with Crippen LogP contribution in [0.15, 0.2) is 24.3 Å². The number of rotatable bonds is 6. The lowest BCUT2D eigenvalue weighted by molar-refractivity contribution is 0.0122. The highest BCUT2D eigenvalue weighted by molar-refractivity contribution is 6.06. The topological polar surface area (TPSA) is 100 Å². The van der Waals surface area contributed by atoms with E-state index in [1.165, 1.54) is 19.2 Å². The van der Waals surface area contributed by atoms with Gasteiger partial charge in [0.2, 0.25) is 0 Å². The van der Waals surface area contributed by atoms with Gasteiger partial charge in [-0.2, -0.15) is 9.97 Å². The van der Waals surface area contributed by atoms with Crippen LogP contribution < -0.4 is 14.4 Å². The molecule has 0 aliphatic carbocycles. The fraction of sp³-hybridized carbons (Fsp3) is 0.475. The first-order valence-corrected chi connectivity index (χ1v) is 18.2. The number of anilines is 1. The summed E-state index contributed by atoms with van der Waals surface area (Å²) in [5, 5.41) is 10.9. The molecule has 4 aromatic rings. The molecule has 0 unspecified atom stereocenters. The molecule has 4 aliphatic heterocycles. The quantitative estimate of drug-likeness (QED) is 0.164. The third-order valence-electron chi connectivity index (χ3n) is 11.2. The summed E-state index contributed by atoms with van der Waals surface area (Å²) in [4.78, 5) is 28.2. The molecule has 0 radical (unpaired) electrons. The molecule has 1 aromatic heterocycles. The van der Waals surface area contributed by atoms with E-state index >= 15 is 13.2 Å². The van der Waals surface area contributed by atoms with Crippen LogP contribution in [0.1, 0.15) is 58.4 Å². The Morgan fingerprint density at radius 3 is 2.50 bits per heavy atom. The summed E-state index contributed by atoms with van der Waals surface area (Å²) in [5.41, 5.74) is -2.72. The number of methoxy groups -OCH3 is 1. The first kappa shape index (κ1) is 36.0. The smallest absolute Gasteiger partial charge is 0.410 e. The van der Waals surface area contributed by atoms with Crippen molar-refractivity contribution in [3.05, 3.63) is 47.3 Å². The Labute approximate surface area is 310 Å². The minimum atomic E-state index is -1.14. The second-order valence-electron chi connectivity index (χ2n) is 15.8. The van der Waals surface area contributed by atoms with E-state index < -0.39 is 52.2 Å². The van der Waals surface area contributed by atoms with E-state index in [1.54, 1.807) is 25.7 Å². The van der Waals surface area contributed by atoms with E-state index in [0.717, 1.165) is 25.1 Å². The summed E-state index contributed by atoms with van der Waals surface area (Å²) in [5.74, 6) is -1.38. The molecule has 54 heavy (non-hydrogen) atoms. The number of halogens is 4. The molecule has 2 bridgehead atoms.